The normalized spacial score (nSPS) is 10.7. The van der Waals surface area contributed by atoms with Crippen LogP contribution in [0.1, 0.15) is 17.3 Å². The van der Waals surface area contributed by atoms with Gasteiger partial charge in [0, 0.05) is 21.1 Å². The molecule has 0 amide bonds. The Morgan fingerprint density at radius 3 is 2.48 bits per heavy atom. The fraction of sp³-hybridized carbons (Fsp3) is 0.0870. The van der Waals surface area contributed by atoms with Gasteiger partial charge in [0.1, 0.15) is 5.82 Å². The van der Waals surface area contributed by atoms with Gasteiger partial charge in [0.15, 0.2) is 5.82 Å². The molecule has 0 aliphatic heterocycles. The third-order valence-corrected chi connectivity index (χ3v) is 4.84. The second kappa shape index (κ2) is 8.41. The lowest BCUT2D eigenvalue weighted by molar-refractivity contribution is 0.0526. The van der Waals surface area contributed by atoms with Crippen LogP contribution in [0, 0.1) is 0 Å². The summed E-state index contributed by atoms with van der Waals surface area (Å²) in [7, 11) is 0. The number of rotatable bonds is 5. The van der Waals surface area contributed by atoms with Gasteiger partial charge in [-0.3, -0.25) is 0 Å². The molecule has 0 fully saturated rings. The smallest absolute Gasteiger partial charge is 0.338 e. The van der Waals surface area contributed by atoms with Crippen LogP contribution in [-0.4, -0.2) is 22.5 Å². The maximum atomic E-state index is 11.9. The van der Waals surface area contributed by atoms with Crippen LogP contribution in [0.2, 0.25) is 0 Å². The van der Waals surface area contributed by atoms with Crippen molar-refractivity contribution >= 4 is 44.3 Å². The summed E-state index contributed by atoms with van der Waals surface area (Å²) in [4.78, 5) is 21.3. The number of carbonyl (C=O) groups is 1. The Balaban J connectivity index is 1.74. The SMILES string of the molecule is CCOC(=O)c1ccc(Nc2nc(-c3ccccc3)nc3ccc(Br)cc23)cc1. The van der Waals surface area contributed by atoms with Crippen LogP contribution >= 0.6 is 15.9 Å². The molecule has 4 aromatic rings. The first-order valence-electron chi connectivity index (χ1n) is 9.21. The van der Waals surface area contributed by atoms with Gasteiger partial charge < -0.3 is 10.1 Å². The number of nitrogens with one attached hydrogen (secondary N) is 1. The minimum atomic E-state index is -0.332. The molecule has 1 aromatic heterocycles. The van der Waals surface area contributed by atoms with Crippen LogP contribution in [0.15, 0.2) is 77.3 Å². The summed E-state index contributed by atoms with van der Waals surface area (Å²) in [6, 6.07) is 22.9. The van der Waals surface area contributed by atoms with E-state index in [1.165, 1.54) is 0 Å². The Kier molecular flexibility index (Phi) is 5.53. The number of carbonyl (C=O) groups excluding carboxylic acids is 1. The predicted molar refractivity (Wildman–Crippen MR) is 118 cm³/mol. The third-order valence-electron chi connectivity index (χ3n) is 4.35. The highest BCUT2D eigenvalue weighted by atomic mass is 79.9. The molecular weight excluding hydrogens is 430 g/mol. The summed E-state index contributed by atoms with van der Waals surface area (Å²) in [5, 5.41) is 4.26. The number of benzene rings is 3. The van der Waals surface area contributed by atoms with E-state index in [0.717, 1.165) is 26.6 Å². The molecule has 0 bridgehead atoms. The van der Waals surface area contributed by atoms with Gasteiger partial charge in [-0.15, -0.1) is 0 Å². The van der Waals surface area contributed by atoms with E-state index in [0.29, 0.717) is 23.8 Å². The highest BCUT2D eigenvalue weighted by Crippen LogP contribution is 2.29. The second-order valence-electron chi connectivity index (χ2n) is 6.35. The number of hydrogen-bond acceptors (Lipinski definition) is 5. The van der Waals surface area contributed by atoms with E-state index in [1.807, 2.05) is 60.7 Å². The fourth-order valence-corrected chi connectivity index (χ4v) is 3.31. The average Bonchev–Trinajstić information content (AvgIpc) is 2.75. The van der Waals surface area contributed by atoms with Crippen molar-refractivity contribution in [1.29, 1.82) is 0 Å². The molecule has 0 atom stereocenters. The molecule has 0 saturated carbocycles. The van der Waals surface area contributed by atoms with Crippen molar-refractivity contribution in [2.45, 2.75) is 6.92 Å². The Morgan fingerprint density at radius 1 is 1.00 bits per heavy atom. The number of ether oxygens (including phenoxy) is 1. The van der Waals surface area contributed by atoms with Gasteiger partial charge in [-0.05, 0) is 49.4 Å². The van der Waals surface area contributed by atoms with Crippen LogP contribution in [-0.2, 0) is 4.74 Å². The monoisotopic (exact) mass is 447 g/mol. The number of anilines is 2. The number of esters is 1. The van der Waals surface area contributed by atoms with E-state index in [2.05, 4.69) is 21.2 Å². The lowest BCUT2D eigenvalue weighted by atomic mass is 10.1. The molecule has 4 rings (SSSR count). The van der Waals surface area contributed by atoms with Crippen molar-refractivity contribution in [2.75, 3.05) is 11.9 Å². The molecule has 0 saturated heterocycles. The van der Waals surface area contributed by atoms with Gasteiger partial charge in [0.25, 0.3) is 0 Å². The Morgan fingerprint density at radius 2 is 1.76 bits per heavy atom. The van der Waals surface area contributed by atoms with E-state index >= 15 is 0 Å². The summed E-state index contributed by atoms with van der Waals surface area (Å²) in [6.45, 7) is 2.14. The molecule has 1 heterocycles. The molecule has 3 aromatic carbocycles. The predicted octanol–water partition coefficient (Wildman–Crippen LogP) is 5.98. The van der Waals surface area contributed by atoms with E-state index in [-0.39, 0.29) is 5.97 Å². The summed E-state index contributed by atoms with van der Waals surface area (Å²) in [5.41, 5.74) is 3.11. The molecular formula is C23H18BrN3O2. The van der Waals surface area contributed by atoms with Crippen LogP contribution < -0.4 is 5.32 Å². The van der Waals surface area contributed by atoms with Crippen molar-refractivity contribution in [3.05, 3.63) is 82.8 Å². The maximum Gasteiger partial charge on any atom is 0.338 e. The molecule has 5 nitrogen and oxygen atoms in total. The molecule has 29 heavy (non-hydrogen) atoms. The van der Waals surface area contributed by atoms with Crippen molar-refractivity contribution < 1.29 is 9.53 Å². The molecule has 0 radical (unpaired) electrons. The number of fused-ring (bicyclic) bond motifs is 1. The topological polar surface area (TPSA) is 64.1 Å². The Bertz CT molecular complexity index is 1160. The van der Waals surface area contributed by atoms with Gasteiger partial charge in [-0.2, -0.15) is 0 Å². The maximum absolute atomic E-state index is 11.9. The van der Waals surface area contributed by atoms with E-state index in [9.17, 15) is 4.79 Å². The van der Waals surface area contributed by atoms with Gasteiger partial charge in [-0.25, -0.2) is 14.8 Å². The highest BCUT2D eigenvalue weighted by molar-refractivity contribution is 9.10. The fourth-order valence-electron chi connectivity index (χ4n) is 2.95. The lowest BCUT2D eigenvalue weighted by Crippen LogP contribution is -2.04. The van der Waals surface area contributed by atoms with Crippen LogP contribution in [0.25, 0.3) is 22.3 Å². The van der Waals surface area contributed by atoms with Crippen molar-refractivity contribution in [1.82, 2.24) is 9.97 Å². The summed E-state index contributed by atoms with van der Waals surface area (Å²) in [6.07, 6.45) is 0. The van der Waals surface area contributed by atoms with E-state index in [1.54, 1.807) is 19.1 Å². The van der Waals surface area contributed by atoms with Gasteiger partial charge >= 0.3 is 5.97 Å². The van der Waals surface area contributed by atoms with E-state index < -0.39 is 0 Å². The number of hydrogen-bond donors (Lipinski definition) is 1. The van der Waals surface area contributed by atoms with Crippen molar-refractivity contribution in [3.63, 3.8) is 0 Å². The number of aromatic nitrogens is 2. The highest BCUT2D eigenvalue weighted by Gasteiger charge is 2.11. The minimum absolute atomic E-state index is 0.332. The van der Waals surface area contributed by atoms with Crippen LogP contribution in [0.4, 0.5) is 11.5 Å². The van der Waals surface area contributed by atoms with E-state index in [4.69, 9.17) is 14.7 Å². The molecule has 0 unspecified atom stereocenters. The second-order valence-corrected chi connectivity index (χ2v) is 7.26. The minimum Gasteiger partial charge on any atom is -0.462 e. The Hall–Kier alpha value is -3.25. The molecule has 6 heteroatoms. The molecule has 1 N–H and O–H groups in total. The zero-order chi connectivity index (χ0) is 20.2. The first-order valence-corrected chi connectivity index (χ1v) is 10.0. The quantitative estimate of drug-likeness (QED) is 0.381. The average molecular weight is 448 g/mol. The standard InChI is InChI=1S/C23H18BrN3O2/c1-2-29-23(28)16-8-11-18(12-9-16)25-22-19-14-17(24)10-13-20(19)26-21(27-22)15-6-4-3-5-7-15/h3-14H,2H2,1H3,(H,25,26,27). The number of nitrogens with zero attached hydrogens (tertiary/aromatic N) is 2. The number of halogens is 1. The molecule has 0 aliphatic rings. The van der Waals surface area contributed by atoms with Crippen LogP contribution in [0.5, 0.6) is 0 Å². The third kappa shape index (κ3) is 4.27. The Labute approximate surface area is 176 Å². The lowest BCUT2D eigenvalue weighted by Gasteiger charge is -2.12. The first-order chi connectivity index (χ1) is 14.1. The zero-order valence-electron chi connectivity index (χ0n) is 15.7. The first kappa shape index (κ1) is 19.1. The van der Waals surface area contributed by atoms with Gasteiger partial charge in [0.05, 0.1) is 17.7 Å². The molecule has 0 spiro atoms. The van der Waals surface area contributed by atoms with Crippen molar-refractivity contribution in [2.24, 2.45) is 0 Å². The van der Waals surface area contributed by atoms with Gasteiger partial charge in [0.2, 0.25) is 0 Å². The van der Waals surface area contributed by atoms with Gasteiger partial charge in [-0.1, -0.05) is 46.3 Å². The summed E-state index contributed by atoms with van der Waals surface area (Å²) >= 11 is 3.52. The summed E-state index contributed by atoms with van der Waals surface area (Å²) in [5.74, 6) is 1.01. The molecule has 0 aliphatic carbocycles. The largest absolute Gasteiger partial charge is 0.462 e. The summed E-state index contributed by atoms with van der Waals surface area (Å²) < 4.78 is 5.98. The van der Waals surface area contributed by atoms with Crippen molar-refractivity contribution in [3.8, 4) is 11.4 Å². The molecule has 144 valence electrons. The zero-order valence-corrected chi connectivity index (χ0v) is 17.3. The van der Waals surface area contributed by atoms with Crippen LogP contribution in [0.3, 0.4) is 0 Å².